The molecule has 5 aliphatic heterocycles. The molecular formula is C52H70ClN5O17S. The molecule has 0 spiro atoms. The Morgan fingerprint density at radius 2 is 1.61 bits per heavy atom. The van der Waals surface area contributed by atoms with Crippen molar-refractivity contribution in [3.8, 4) is 5.75 Å². The first-order valence-corrected chi connectivity index (χ1v) is 26.8. The molecule has 1 aliphatic carbocycles. The van der Waals surface area contributed by atoms with Crippen LogP contribution < -0.4 is 15.0 Å². The van der Waals surface area contributed by atoms with E-state index < -0.39 is 70.7 Å². The number of epoxide rings is 1. The van der Waals surface area contributed by atoms with E-state index in [2.05, 4.69) is 5.32 Å². The number of alkyl carbamates (subject to hydrolysis) is 1. The molecule has 1 saturated carbocycles. The number of amides is 7. The van der Waals surface area contributed by atoms with Crippen LogP contribution in [-0.4, -0.2) is 206 Å². The summed E-state index contributed by atoms with van der Waals surface area (Å²) in [5.41, 5.74) is -2.20. The van der Waals surface area contributed by atoms with Crippen LogP contribution in [0.1, 0.15) is 64.9 Å². The van der Waals surface area contributed by atoms with Crippen molar-refractivity contribution in [2.45, 2.75) is 119 Å². The summed E-state index contributed by atoms with van der Waals surface area (Å²) in [5.74, 6) is -2.22. The normalized spacial score (nSPS) is 29.9. The van der Waals surface area contributed by atoms with Crippen molar-refractivity contribution in [1.29, 1.82) is 0 Å². The fraction of sp³-hybridized carbons (Fsp3) is 0.635. The minimum Gasteiger partial charge on any atom is -0.495 e. The maximum atomic E-state index is 14.5. The highest BCUT2D eigenvalue weighted by atomic mass is 35.5. The van der Waals surface area contributed by atoms with Gasteiger partial charge in [0.2, 0.25) is 23.6 Å². The number of benzene rings is 1. The van der Waals surface area contributed by atoms with E-state index in [0.29, 0.717) is 30.7 Å². The first-order valence-electron chi connectivity index (χ1n) is 25.4. The van der Waals surface area contributed by atoms with Crippen molar-refractivity contribution in [3.63, 3.8) is 0 Å². The molecule has 4 bridgehead atoms. The number of carbonyl (C=O) groups excluding carboxylic acids is 7. The van der Waals surface area contributed by atoms with Crippen molar-refractivity contribution in [2.75, 3.05) is 91.7 Å². The number of halogens is 1. The number of aliphatic hydroxyl groups excluding tert-OH is 1. The number of hydrogen-bond acceptors (Lipinski definition) is 18. The summed E-state index contributed by atoms with van der Waals surface area (Å²) in [6.07, 6.45) is 2.30. The molecule has 76 heavy (non-hydrogen) atoms. The molecule has 3 N–H and O–H groups in total. The third-order valence-electron chi connectivity index (χ3n) is 14.9. The summed E-state index contributed by atoms with van der Waals surface area (Å²) in [6, 6.07) is 3.57. The Balaban J connectivity index is 0.939. The molecule has 0 aromatic heterocycles. The van der Waals surface area contributed by atoms with E-state index in [1.54, 1.807) is 52.2 Å². The molecule has 24 heteroatoms. The molecule has 7 amide bonds. The van der Waals surface area contributed by atoms with Gasteiger partial charge in [-0.15, -0.1) is 11.8 Å². The van der Waals surface area contributed by atoms with E-state index in [1.807, 2.05) is 13.0 Å². The van der Waals surface area contributed by atoms with Gasteiger partial charge in [-0.05, 0) is 50.8 Å². The lowest BCUT2D eigenvalue weighted by molar-refractivity contribution is -0.196. The Kier molecular flexibility index (Phi) is 19.5. The Morgan fingerprint density at radius 1 is 0.961 bits per heavy atom. The highest BCUT2D eigenvalue weighted by Crippen LogP contribution is 2.52. The number of methoxy groups -OCH3 is 2. The largest absolute Gasteiger partial charge is 0.495 e. The zero-order chi connectivity index (χ0) is 55.1. The van der Waals surface area contributed by atoms with E-state index in [0.717, 1.165) is 20.9 Å². The highest BCUT2D eigenvalue weighted by molar-refractivity contribution is 8.00. The molecule has 9 atom stereocenters. The summed E-state index contributed by atoms with van der Waals surface area (Å²) in [4.78, 5) is 95.7. The molecule has 5 heterocycles. The van der Waals surface area contributed by atoms with Gasteiger partial charge in [-0.25, -0.2) is 4.79 Å². The Morgan fingerprint density at radius 3 is 2.24 bits per heavy atom. The summed E-state index contributed by atoms with van der Waals surface area (Å²) in [7, 11) is 6.05. The molecular weight excluding hydrogens is 1030 g/mol. The number of rotatable bonds is 22. The van der Waals surface area contributed by atoms with Gasteiger partial charge < -0.3 is 57.9 Å². The monoisotopic (exact) mass is 1100 g/mol. The number of nitrogens with one attached hydrogen (secondary N) is 1. The molecule has 3 saturated heterocycles. The lowest BCUT2D eigenvalue weighted by Gasteiger charge is -2.42. The molecule has 6 aliphatic rings. The molecule has 7 rings (SSSR count). The first kappa shape index (κ1) is 58.7. The number of carbonyl (C=O) groups is 7. The van der Waals surface area contributed by atoms with Gasteiger partial charge in [0.25, 0.3) is 11.8 Å². The maximum absolute atomic E-state index is 14.5. The summed E-state index contributed by atoms with van der Waals surface area (Å²) < 4.78 is 46.4. The van der Waals surface area contributed by atoms with E-state index in [-0.39, 0.29) is 119 Å². The van der Waals surface area contributed by atoms with Gasteiger partial charge in [-0.1, -0.05) is 42.3 Å². The van der Waals surface area contributed by atoms with Crippen LogP contribution >= 0.6 is 23.4 Å². The second kappa shape index (κ2) is 25.2. The van der Waals surface area contributed by atoms with Gasteiger partial charge in [-0.3, -0.25) is 43.9 Å². The fourth-order valence-corrected chi connectivity index (χ4v) is 11.4. The van der Waals surface area contributed by atoms with Crippen LogP contribution in [0.25, 0.3) is 0 Å². The van der Waals surface area contributed by atoms with Gasteiger partial charge in [0, 0.05) is 64.3 Å². The van der Waals surface area contributed by atoms with E-state index in [1.165, 1.54) is 47.9 Å². The lowest BCUT2D eigenvalue weighted by Crippen LogP contribution is -2.63. The van der Waals surface area contributed by atoms with Gasteiger partial charge >= 0.3 is 6.09 Å². The number of allylic oxidation sites excluding steroid dienone is 3. The predicted octanol–water partition coefficient (Wildman–Crippen LogP) is 2.68. The van der Waals surface area contributed by atoms with Crippen LogP contribution in [0.3, 0.4) is 0 Å². The zero-order valence-electron chi connectivity index (χ0n) is 44.0. The number of aliphatic hydroxyl groups is 2. The van der Waals surface area contributed by atoms with Crippen LogP contribution in [0.15, 0.2) is 48.1 Å². The number of ether oxygens (including phenoxy) is 8. The smallest absolute Gasteiger partial charge is 0.409 e. The van der Waals surface area contributed by atoms with Crippen molar-refractivity contribution in [3.05, 3.63) is 58.7 Å². The van der Waals surface area contributed by atoms with Crippen LogP contribution in [0, 0.1) is 5.92 Å². The Labute approximate surface area is 451 Å². The molecule has 9 unspecified atom stereocenters. The third-order valence-corrected chi connectivity index (χ3v) is 16.5. The number of nitrogens with zero attached hydrogens (tertiary/aromatic N) is 4. The quantitative estimate of drug-likeness (QED) is 0.0652. The number of likely N-dealkylation sites (N-methyl/N-ethyl adjacent to an activating group) is 1. The summed E-state index contributed by atoms with van der Waals surface area (Å²) in [5, 5.41) is 26.0. The van der Waals surface area contributed by atoms with E-state index in [4.69, 9.17) is 49.5 Å². The fourth-order valence-electron chi connectivity index (χ4n) is 10.0. The number of imide groups is 2. The molecule has 418 valence electrons. The third kappa shape index (κ3) is 13.5. The van der Waals surface area contributed by atoms with Crippen LogP contribution in [0.2, 0.25) is 5.02 Å². The minimum atomic E-state index is -1.87. The van der Waals surface area contributed by atoms with Gasteiger partial charge in [-0.2, -0.15) is 0 Å². The van der Waals surface area contributed by atoms with Crippen LogP contribution in [-0.2, 0) is 68.3 Å². The average Bonchev–Trinajstić information content (AvgIpc) is 4.30. The minimum absolute atomic E-state index is 0.0101. The predicted molar refractivity (Wildman–Crippen MR) is 275 cm³/mol. The maximum Gasteiger partial charge on any atom is 0.409 e. The Bertz CT molecular complexity index is 2440. The number of hydrogen-bond donors (Lipinski definition) is 3. The summed E-state index contributed by atoms with van der Waals surface area (Å²) in [6.45, 7) is 6.93. The number of thioether (sulfide) groups is 1. The van der Waals surface area contributed by atoms with Gasteiger partial charge in [0.05, 0.1) is 88.8 Å². The van der Waals surface area contributed by atoms with Crippen molar-refractivity contribution in [2.24, 2.45) is 5.92 Å². The second-order valence-corrected chi connectivity index (χ2v) is 21.7. The number of likely N-dealkylation sites (tertiary alicyclic amines) is 1. The van der Waals surface area contributed by atoms with E-state index >= 15 is 0 Å². The van der Waals surface area contributed by atoms with E-state index in [9.17, 15) is 43.8 Å². The van der Waals surface area contributed by atoms with Crippen molar-refractivity contribution >= 4 is 70.6 Å². The Hall–Kier alpha value is -4.95. The molecule has 1 aromatic rings. The van der Waals surface area contributed by atoms with Crippen LogP contribution in [0.5, 0.6) is 5.75 Å². The first-order chi connectivity index (χ1) is 36.2. The van der Waals surface area contributed by atoms with Crippen LogP contribution in [0.4, 0.5) is 10.5 Å². The molecule has 4 fully saturated rings. The number of fused-ring (bicyclic) bond motifs is 5. The summed E-state index contributed by atoms with van der Waals surface area (Å²) >= 11 is 8.05. The highest BCUT2D eigenvalue weighted by Gasteiger charge is 2.65. The lowest BCUT2D eigenvalue weighted by atomic mass is 9.83. The van der Waals surface area contributed by atoms with Gasteiger partial charge in [0.1, 0.15) is 34.7 Å². The van der Waals surface area contributed by atoms with Gasteiger partial charge in [0.15, 0.2) is 12.0 Å². The zero-order valence-corrected chi connectivity index (χ0v) is 45.6. The van der Waals surface area contributed by atoms with Crippen molar-refractivity contribution < 1.29 is 81.7 Å². The molecule has 22 nitrogen and oxygen atoms in total. The molecule has 0 radical (unpaired) electrons. The SMILES string of the molecule is COc1cc2cc(c1Cl)N(C)C(=O)CC(OC(O)C1(N(C)C(=O)CCSC3CC(=O)N(CCOCCOCCOCCN4C(=O)C=CC4=O)C3=O)CC1)C1(C)OC1C(C)C1CC(O)(NC(=O)O1)C(OC)/C=C/C=C(\C)C2. The van der Waals surface area contributed by atoms with Crippen molar-refractivity contribution in [1.82, 2.24) is 20.0 Å². The number of anilines is 1. The molecule has 1 aromatic carbocycles. The standard InChI is InChI=1S/C52H70ClN5O17S/c1-31-9-8-10-38(69-7)52(67)30-36(73-49(66)54-52)32(2)46-50(3,75-46)39(29-43(62)55(4)34-26-33(25-31)27-35(68-6)45(34)53)74-48(65)51(14-15-51)56(5)40(59)13-24-76-37-28-44(63)58(47(37)64)17-19-71-21-23-72-22-20-70-18-16-57-41(60)11-12-42(57)61/h8-12,26-27,32,36-39,46,48,65,67H,13-25,28-30H2,1-7H3,(H,54,66)/b10-8+,31-9+. The second-order valence-electron chi connectivity index (χ2n) is 20.0. The topological polar surface area (TPSA) is 262 Å². The average molecular weight is 1100 g/mol.